The van der Waals surface area contributed by atoms with Gasteiger partial charge in [0.1, 0.15) is 5.75 Å². The van der Waals surface area contributed by atoms with Crippen LogP contribution in [0.1, 0.15) is 22.0 Å². The molecule has 1 unspecified atom stereocenters. The number of carbonyl (C=O) groups is 1. The molecule has 1 saturated heterocycles. The summed E-state index contributed by atoms with van der Waals surface area (Å²) in [5.74, 6) is 0.625. The van der Waals surface area contributed by atoms with Gasteiger partial charge in [0.2, 0.25) is 0 Å². The van der Waals surface area contributed by atoms with E-state index in [2.05, 4.69) is 10.2 Å². The van der Waals surface area contributed by atoms with Crippen molar-refractivity contribution in [3.63, 3.8) is 0 Å². The molecule has 0 aromatic heterocycles. The fraction of sp³-hybridized carbons (Fsp3) is 0.350. The number of hydrogen-bond acceptors (Lipinski definition) is 4. The molecule has 0 aliphatic carbocycles. The molecule has 0 saturated carbocycles. The number of nitrogens with one attached hydrogen (secondary N) is 1. The highest BCUT2D eigenvalue weighted by atomic mass is 35.5. The SMILES string of the molecule is COc1ccc(C(CNC(=O)c2ccc(Cl)c(Cl)c2)N2CCOCC2)cc1. The minimum Gasteiger partial charge on any atom is -0.497 e. The van der Waals surface area contributed by atoms with Gasteiger partial charge in [-0.2, -0.15) is 0 Å². The van der Waals surface area contributed by atoms with Crippen molar-refractivity contribution in [2.45, 2.75) is 6.04 Å². The van der Waals surface area contributed by atoms with Gasteiger partial charge in [0.15, 0.2) is 0 Å². The lowest BCUT2D eigenvalue weighted by atomic mass is 10.0. The van der Waals surface area contributed by atoms with Gasteiger partial charge < -0.3 is 14.8 Å². The number of carbonyl (C=O) groups excluding carboxylic acids is 1. The van der Waals surface area contributed by atoms with Gasteiger partial charge in [-0.15, -0.1) is 0 Å². The monoisotopic (exact) mass is 408 g/mol. The predicted octanol–water partition coefficient (Wildman–Crippen LogP) is 3.81. The molecule has 27 heavy (non-hydrogen) atoms. The van der Waals surface area contributed by atoms with E-state index in [9.17, 15) is 4.79 Å². The Labute approximate surface area is 169 Å². The summed E-state index contributed by atoms with van der Waals surface area (Å²) in [5.41, 5.74) is 1.60. The number of amides is 1. The van der Waals surface area contributed by atoms with Crippen molar-refractivity contribution in [2.24, 2.45) is 0 Å². The standard InChI is InChI=1S/C20H22Cl2N2O3/c1-26-16-5-2-14(3-6-16)19(24-8-10-27-11-9-24)13-23-20(25)15-4-7-17(21)18(22)12-15/h2-7,12,19H,8-11,13H2,1H3,(H,23,25). The summed E-state index contributed by atoms with van der Waals surface area (Å²) in [7, 11) is 1.64. The summed E-state index contributed by atoms with van der Waals surface area (Å²) in [6.45, 7) is 3.49. The van der Waals surface area contributed by atoms with Gasteiger partial charge in [0.05, 0.1) is 36.4 Å². The quantitative estimate of drug-likeness (QED) is 0.789. The van der Waals surface area contributed by atoms with Gasteiger partial charge in [-0.05, 0) is 35.9 Å². The lowest BCUT2D eigenvalue weighted by Crippen LogP contribution is -2.43. The molecule has 0 bridgehead atoms. The van der Waals surface area contributed by atoms with Gasteiger partial charge in [0.25, 0.3) is 5.91 Å². The number of morpholine rings is 1. The molecule has 1 aliphatic heterocycles. The average Bonchev–Trinajstić information content (AvgIpc) is 2.71. The smallest absolute Gasteiger partial charge is 0.251 e. The summed E-state index contributed by atoms with van der Waals surface area (Å²) in [5, 5.41) is 3.81. The minimum absolute atomic E-state index is 0.0477. The second-order valence-corrected chi connectivity index (χ2v) is 7.09. The Kier molecular flexibility index (Phi) is 6.96. The van der Waals surface area contributed by atoms with E-state index in [0.29, 0.717) is 35.4 Å². The molecule has 3 rings (SSSR count). The largest absolute Gasteiger partial charge is 0.497 e. The highest BCUT2D eigenvalue weighted by molar-refractivity contribution is 6.42. The van der Waals surface area contributed by atoms with Crippen molar-refractivity contribution in [1.82, 2.24) is 10.2 Å². The first-order valence-corrected chi connectivity index (χ1v) is 9.53. The number of methoxy groups -OCH3 is 1. The third-order valence-corrected chi connectivity index (χ3v) is 5.36. The zero-order chi connectivity index (χ0) is 19.2. The van der Waals surface area contributed by atoms with Crippen molar-refractivity contribution in [3.05, 3.63) is 63.6 Å². The third kappa shape index (κ3) is 5.14. The molecule has 1 amide bonds. The van der Waals surface area contributed by atoms with E-state index in [1.807, 2.05) is 24.3 Å². The molecular formula is C20H22Cl2N2O3. The number of halogens is 2. The highest BCUT2D eigenvalue weighted by Crippen LogP contribution is 2.25. The lowest BCUT2D eigenvalue weighted by molar-refractivity contribution is 0.0162. The van der Waals surface area contributed by atoms with Gasteiger partial charge in [-0.3, -0.25) is 9.69 Å². The summed E-state index contributed by atoms with van der Waals surface area (Å²) >= 11 is 11.9. The van der Waals surface area contributed by atoms with Crippen molar-refractivity contribution in [3.8, 4) is 5.75 Å². The van der Waals surface area contributed by atoms with Crippen molar-refractivity contribution >= 4 is 29.1 Å². The van der Waals surface area contributed by atoms with E-state index in [4.69, 9.17) is 32.7 Å². The Bertz CT molecular complexity index is 777. The van der Waals surface area contributed by atoms with E-state index < -0.39 is 0 Å². The first kappa shape index (κ1) is 20.0. The van der Waals surface area contributed by atoms with Crippen LogP contribution in [0.2, 0.25) is 10.0 Å². The maximum absolute atomic E-state index is 12.6. The van der Waals surface area contributed by atoms with Crippen molar-refractivity contribution in [2.75, 3.05) is 40.0 Å². The zero-order valence-corrected chi connectivity index (χ0v) is 16.6. The molecule has 5 nitrogen and oxygen atoms in total. The number of nitrogens with zero attached hydrogens (tertiary/aromatic N) is 1. The second kappa shape index (κ2) is 9.42. The van der Waals surface area contributed by atoms with E-state index in [0.717, 1.165) is 24.4 Å². The molecule has 1 atom stereocenters. The molecule has 1 fully saturated rings. The summed E-state index contributed by atoms with van der Waals surface area (Å²) in [4.78, 5) is 14.9. The van der Waals surface area contributed by atoms with Crippen LogP contribution in [0.25, 0.3) is 0 Å². The molecular weight excluding hydrogens is 387 g/mol. The van der Waals surface area contributed by atoms with Crippen LogP contribution >= 0.6 is 23.2 Å². The van der Waals surface area contributed by atoms with Gasteiger partial charge in [0, 0.05) is 25.2 Å². The van der Waals surface area contributed by atoms with Crippen LogP contribution < -0.4 is 10.1 Å². The number of rotatable bonds is 6. The topological polar surface area (TPSA) is 50.8 Å². The molecule has 144 valence electrons. The highest BCUT2D eigenvalue weighted by Gasteiger charge is 2.23. The molecule has 0 spiro atoms. The minimum atomic E-state index is -0.180. The fourth-order valence-corrected chi connectivity index (χ4v) is 3.40. The van der Waals surface area contributed by atoms with Gasteiger partial charge in [-0.1, -0.05) is 35.3 Å². The zero-order valence-electron chi connectivity index (χ0n) is 15.1. The van der Waals surface area contributed by atoms with E-state index in [-0.39, 0.29) is 11.9 Å². The molecule has 1 aliphatic rings. The normalized spacial score (nSPS) is 16.0. The number of ether oxygens (including phenoxy) is 2. The molecule has 1 heterocycles. The molecule has 2 aromatic rings. The predicted molar refractivity (Wildman–Crippen MR) is 107 cm³/mol. The van der Waals surface area contributed by atoms with Crippen molar-refractivity contribution in [1.29, 1.82) is 0 Å². The van der Waals surface area contributed by atoms with Gasteiger partial charge in [-0.25, -0.2) is 0 Å². The van der Waals surface area contributed by atoms with Crippen LogP contribution in [0, 0.1) is 0 Å². The summed E-state index contributed by atoms with van der Waals surface area (Å²) < 4.78 is 10.7. The summed E-state index contributed by atoms with van der Waals surface area (Å²) in [6, 6.07) is 12.9. The van der Waals surface area contributed by atoms with Crippen LogP contribution in [0.3, 0.4) is 0 Å². The second-order valence-electron chi connectivity index (χ2n) is 6.28. The van der Waals surface area contributed by atoms with E-state index in [1.165, 1.54) is 0 Å². The third-order valence-electron chi connectivity index (χ3n) is 4.62. The van der Waals surface area contributed by atoms with Crippen LogP contribution in [0.5, 0.6) is 5.75 Å². The number of benzene rings is 2. The Hall–Kier alpha value is -1.79. The molecule has 1 N–H and O–H groups in total. The Morgan fingerprint density at radius 3 is 2.48 bits per heavy atom. The van der Waals surface area contributed by atoms with Gasteiger partial charge >= 0.3 is 0 Å². The maximum Gasteiger partial charge on any atom is 0.251 e. The average molecular weight is 409 g/mol. The van der Waals surface area contributed by atoms with Crippen LogP contribution in [0.15, 0.2) is 42.5 Å². The van der Waals surface area contributed by atoms with Crippen LogP contribution in [-0.2, 0) is 4.74 Å². The van der Waals surface area contributed by atoms with E-state index in [1.54, 1.807) is 25.3 Å². The first-order chi connectivity index (χ1) is 13.1. The Balaban J connectivity index is 1.73. The van der Waals surface area contributed by atoms with E-state index >= 15 is 0 Å². The lowest BCUT2D eigenvalue weighted by Gasteiger charge is -2.35. The molecule has 0 radical (unpaired) electrons. The Morgan fingerprint density at radius 2 is 1.85 bits per heavy atom. The molecule has 2 aromatic carbocycles. The number of hydrogen-bond donors (Lipinski definition) is 1. The first-order valence-electron chi connectivity index (χ1n) is 8.77. The Morgan fingerprint density at radius 1 is 1.15 bits per heavy atom. The molecule has 7 heteroatoms. The van der Waals surface area contributed by atoms with Crippen LogP contribution in [-0.4, -0.2) is 50.8 Å². The maximum atomic E-state index is 12.6. The van der Waals surface area contributed by atoms with Crippen LogP contribution in [0.4, 0.5) is 0 Å². The fourth-order valence-electron chi connectivity index (χ4n) is 3.10. The van der Waals surface area contributed by atoms with Crippen molar-refractivity contribution < 1.29 is 14.3 Å². The summed E-state index contributed by atoms with van der Waals surface area (Å²) in [6.07, 6.45) is 0.